The van der Waals surface area contributed by atoms with Crippen LogP contribution in [0.5, 0.6) is 5.75 Å². The minimum Gasteiger partial charge on any atom is -0.492 e. The van der Waals surface area contributed by atoms with Crippen molar-refractivity contribution in [2.75, 3.05) is 13.2 Å². The van der Waals surface area contributed by atoms with Gasteiger partial charge in [-0.3, -0.25) is 0 Å². The number of hydrogen-bond acceptors (Lipinski definition) is 2. The van der Waals surface area contributed by atoms with Crippen molar-refractivity contribution in [2.24, 2.45) is 0 Å². The highest BCUT2D eigenvalue weighted by Crippen LogP contribution is 2.20. The summed E-state index contributed by atoms with van der Waals surface area (Å²) >= 11 is 0. The van der Waals surface area contributed by atoms with Crippen LogP contribution in [0, 0.1) is 18.6 Å². The normalized spacial score (nSPS) is 12.2. The molecule has 2 nitrogen and oxygen atoms in total. The highest BCUT2D eigenvalue weighted by atomic mass is 19.1. The molecule has 0 saturated carbocycles. The van der Waals surface area contributed by atoms with E-state index in [1.165, 1.54) is 12.1 Å². The third-order valence-corrected chi connectivity index (χ3v) is 3.31. The molecule has 0 aliphatic rings. The van der Waals surface area contributed by atoms with E-state index in [9.17, 15) is 8.78 Å². The van der Waals surface area contributed by atoms with Gasteiger partial charge < -0.3 is 10.1 Å². The van der Waals surface area contributed by atoms with Gasteiger partial charge in [-0.2, -0.15) is 0 Å². The van der Waals surface area contributed by atoms with Crippen LogP contribution in [0.2, 0.25) is 0 Å². The van der Waals surface area contributed by atoms with E-state index < -0.39 is 5.82 Å². The molecule has 2 aromatic rings. The molecule has 0 bridgehead atoms. The number of nitrogens with one attached hydrogen (secondary N) is 1. The molecule has 0 saturated heterocycles. The van der Waals surface area contributed by atoms with E-state index in [0.29, 0.717) is 24.3 Å². The van der Waals surface area contributed by atoms with Crippen LogP contribution in [0.25, 0.3) is 0 Å². The zero-order chi connectivity index (χ0) is 15.2. The fraction of sp³-hybridized carbons (Fsp3) is 0.294. The zero-order valence-electron chi connectivity index (χ0n) is 12.2. The quantitative estimate of drug-likeness (QED) is 0.812. The summed E-state index contributed by atoms with van der Waals surface area (Å²) in [6.45, 7) is 4.36. The Morgan fingerprint density at radius 1 is 1.10 bits per heavy atom. The SMILES string of the molecule is Cc1cc(F)c(C(C)NCCOc2ccccc2)cc1F. The van der Waals surface area contributed by atoms with Gasteiger partial charge in [0, 0.05) is 18.2 Å². The highest BCUT2D eigenvalue weighted by Gasteiger charge is 2.13. The molecule has 0 heterocycles. The Kier molecular flexibility index (Phi) is 5.28. The first-order valence-corrected chi connectivity index (χ1v) is 6.94. The second-order valence-corrected chi connectivity index (χ2v) is 4.96. The third kappa shape index (κ3) is 4.26. The van der Waals surface area contributed by atoms with Gasteiger partial charge in [0.1, 0.15) is 24.0 Å². The molecule has 0 aliphatic carbocycles. The second-order valence-electron chi connectivity index (χ2n) is 4.96. The van der Waals surface area contributed by atoms with Crippen LogP contribution >= 0.6 is 0 Å². The number of para-hydroxylation sites is 1. The summed E-state index contributed by atoms with van der Waals surface area (Å²) in [7, 11) is 0. The summed E-state index contributed by atoms with van der Waals surface area (Å²) in [5, 5.41) is 3.12. The van der Waals surface area contributed by atoms with Gasteiger partial charge in [0.05, 0.1) is 0 Å². The van der Waals surface area contributed by atoms with Gasteiger partial charge in [-0.05, 0) is 43.7 Å². The van der Waals surface area contributed by atoms with Crippen molar-refractivity contribution in [3.63, 3.8) is 0 Å². The first-order chi connectivity index (χ1) is 10.1. The Hall–Kier alpha value is -1.94. The molecule has 2 aromatic carbocycles. The lowest BCUT2D eigenvalue weighted by atomic mass is 10.1. The number of aryl methyl sites for hydroxylation is 1. The predicted octanol–water partition coefficient (Wildman–Crippen LogP) is 4.00. The van der Waals surface area contributed by atoms with Crippen LogP contribution in [-0.4, -0.2) is 13.2 Å². The highest BCUT2D eigenvalue weighted by molar-refractivity contribution is 5.27. The lowest BCUT2D eigenvalue weighted by Gasteiger charge is -2.16. The fourth-order valence-electron chi connectivity index (χ4n) is 2.06. The maximum Gasteiger partial charge on any atom is 0.128 e. The number of hydrogen-bond donors (Lipinski definition) is 1. The van der Waals surface area contributed by atoms with Gasteiger partial charge in [-0.1, -0.05) is 18.2 Å². The number of ether oxygens (including phenoxy) is 1. The van der Waals surface area contributed by atoms with Crippen molar-refractivity contribution in [1.82, 2.24) is 5.32 Å². The predicted molar refractivity (Wildman–Crippen MR) is 79.4 cm³/mol. The molecule has 0 amide bonds. The van der Waals surface area contributed by atoms with Gasteiger partial charge in [-0.25, -0.2) is 8.78 Å². The van der Waals surface area contributed by atoms with Gasteiger partial charge >= 0.3 is 0 Å². The summed E-state index contributed by atoms with van der Waals surface area (Å²) in [6, 6.07) is 11.7. The van der Waals surface area contributed by atoms with Gasteiger partial charge in [0.2, 0.25) is 0 Å². The molecule has 0 fully saturated rings. The van der Waals surface area contributed by atoms with Crippen molar-refractivity contribution >= 4 is 0 Å². The van der Waals surface area contributed by atoms with Crippen molar-refractivity contribution < 1.29 is 13.5 Å². The van der Waals surface area contributed by atoms with Crippen LogP contribution in [0.15, 0.2) is 42.5 Å². The molecular formula is C17H19F2NO. The van der Waals surface area contributed by atoms with Crippen molar-refractivity contribution in [3.05, 3.63) is 65.2 Å². The molecule has 112 valence electrons. The van der Waals surface area contributed by atoms with E-state index in [4.69, 9.17) is 4.74 Å². The van der Waals surface area contributed by atoms with Crippen LogP contribution in [-0.2, 0) is 0 Å². The Balaban J connectivity index is 1.85. The van der Waals surface area contributed by atoms with E-state index in [1.807, 2.05) is 30.3 Å². The number of rotatable bonds is 6. The molecule has 1 unspecified atom stereocenters. The molecule has 21 heavy (non-hydrogen) atoms. The first-order valence-electron chi connectivity index (χ1n) is 6.94. The monoisotopic (exact) mass is 291 g/mol. The van der Waals surface area contributed by atoms with Crippen LogP contribution in [0.3, 0.4) is 0 Å². The van der Waals surface area contributed by atoms with E-state index in [-0.39, 0.29) is 11.9 Å². The summed E-state index contributed by atoms with van der Waals surface area (Å²) in [4.78, 5) is 0. The van der Waals surface area contributed by atoms with Crippen molar-refractivity contribution in [2.45, 2.75) is 19.9 Å². The van der Waals surface area contributed by atoms with Crippen molar-refractivity contribution in [3.8, 4) is 5.75 Å². The van der Waals surface area contributed by atoms with E-state index in [0.717, 1.165) is 5.75 Å². The largest absolute Gasteiger partial charge is 0.492 e. The average molecular weight is 291 g/mol. The first kappa shape index (κ1) is 15.4. The Morgan fingerprint density at radius 3 is 2.52 bits per heavy atom. The van der Waals surface area contributed by atoms with Gasteiger partial charge in [0.15, 0.2) is 0 Å². The van der Waals surface area contributed by atoms with Gasteiger partial charge in [0.25, 0.3) is 0 Å². The molecule has 0 aromatic heterocycles. The minimum atomic E-state index is -0.391. The van der Waals surface area contributed by atoms with Gasteiger partial charge in [-0.15, -0.1) is 0 Å². The Bertz CT molecular complexity index is 587. The maximum atomic E-state index is 13.8. The smallest absolute Gasteiger partial charge is 0.128 e. The maximum absolute atomic E-state index is 13.8. The summed E-state index contributed by atoms with van der Waals surface area (Å²) < 4.78 is 32.9. The van der Waals surface area contributed by atoms with Crippen LogP contribution in [0.1, 0.15) is 24.1 Å². The minimum absolute atomic E-state index is 0.278. The summed E-state index contributed by atoms with van der Waals surface area (Å²) in [6.07, 6.45) is 0. The number of halogens is 2. The van der Waals surface area contributed by atoms with Crippen LogP contribution < -0.4 is 10.1 Å². The molecule has 4 heteroatoms. The molecular weight excluding hydrogens is 272 g/mol. The summed E-state index contributed by atoms with van der Waals surface area (Å²) in [5.74, 6) is 0.0120. The lowest BCUT2D eigenvalue weighted by molar-refractivity contribution is 0.306. The van der Waals surface area contributed by atoms with E-state index >= 15 is 0 Å². The topological polar surface area (TPSA) is 21.3 Å². The molecule has 1 N–H and O–H groups in total. The van der Waals surface area contributed by atoms with Crippen molar-refractivity contribution in [1.29, 1.82) is 0 Å². The van der Waals surface area contributed by atoms with E-state index in [2.05, 4.69) is 5.32 Å². The molecule has 0 aliphatic heterocycles. The lowest BCUT2D eigenvalue weighted by Crippen LogP contribution is -2.25. The average Bonchev–Trinajstić information content (AvgIpc) is 2.48. The van der Waals surface area contributed by atoms with Crippen LogP contribution in [0.4, 0.5) is 8.78 Å². The molecule has 2 rings (SSSR count). The Morgan fingerprint density at radius 2 is 1.81 bits per heavy atom. The molecule has 0 radical (unpaired) electrons. The van der Waals surface area contributed by atoms with E-state index in [1.54, 1.807) is 13.8 Å². The molecule has 1 atom stereocenters. The third-order valence-electron chi connectivity index (χ3n) is 3.31. The molecule has 0 spiro atoms. The Labute approximate surface area is 123 Å². The summed E-state index contributed by atoms with van der Waals surface area (Å²) in [5.41, 5.74) is 0.647. The zero-order valence-corrected chi connectivity index (χ0v) is 12.2. The number of benzene rings is 2. The fourth-order valence-corrected chi connectivity index (χ4v) is 2.06. The standard InChI is InChI=1S/C17H19F2NO/c1-12-10-17(19)15(11-16(12)18)13(2)20-8-9-21-14-6-4-3-5-7-14/h3-7,10-11,13,20H,8-9H2,1-2H3. The second kappa shape index (κ2) is 7.18.